The maximum absolute atomic E-state index is 3.77. The molecule has 2 aliphatic rings. The number of fused-ring (bicyclic) bond motifs is 3. The Hall–Kier alpha value is -3.84. The van der Waals surface area contributed by atoms with Crippen LogP contribution in [0.4, 0.5) is 5.69 Å². The lowest BCUT2D eigenvalue weighted by atomic mass is 9.71. The van der Waals surface area contributed by atoms with E-state index in [2.05, 4.69) is 134 Å². The molecule has 0 saturated heterocycles. The fourth-order valence-corrected chi connectivity index (χ4v) is 5.61. The van der Waals surface area contributed by atoms with Crippen molar-refractivity contribution in [3.8, 4) is 11.1 Å². The van der Waals surface area contributed by atoms with Gasteiger partial charge in [0.1, 0.15) is 0 Å². The van der Waals surface area contributed by atoms with E-state index in [9.17, 15) is 0 Å². The first-order valence-corrected chi connectivity index (χ1v) is 13.6. The average molecular weight is 484 g/mol. The monoisotopic (exact) mass is 483 g/mol. The molecule has 0 heterocycles. The van der Waals surface area contributed by atoms with Gasteiger partial charge in [-0.25, -0.2) is 0 Å². The van der Waals surface area contributed by atoms with E-state index in [4.69, 9.17) is 0 Å². The third kappa shape index (κ3) is 5.78. The molecule has 0 bridgehead atoms. The van der Waals surface area contributed by atoms with Crippen molar-refractivity contribution in [1.82, 2.24) is 0 Å². The topological polar surface area (TPSA) is 12.0 Å². The molecule has 3 aromatic carbocycles. The van der Waals surface area contributed by atoms with Gasteiger partial charge in [-0.2, -0.15) is 0 Å². The van der Waals surface area contributed by atoms with Crippen LogP contribution in [-0.4, -0.2) is 6.54 Å². The van der Waals surface area contributed by atoms with Crippen LogP contribution < -0.4 is 5.32 Å². The van der Waals surface area contributed by atoms with Crippen LogP contribution in [0.2, 0.25) is 0 Å². The summed E-state index contributed by atoms with van der Waals surface area (Å²) in [6.07, 6.45) is 21.1. The first-order chi connectivity index (χ1) is 18.2. The van der Waals surface area contributed by atoms with E-state index >= 15 is 0 Å². The zero-order valence-electron chi connectivity index (χ0n) is 21.8. The van der Waals surface area contributed by atoms with E-state index in [0.29, 0.717) is 11.8 Å². The zero-order chi connectivity index (χ0) is 25.5. The van der Waals surface area contributed by atoms with E-state index in [0.717, 1.165) is 31.5 Å². The minimum atomic E-state index is 0.285. The van der Waals surface area contributed by atoms with E-state index in [1.807, 2.05) is 6.08 Å². The molecule has 3 unspecified atom stereocenters. The average Bonchev–Trinajstić information content (AvgIpc) is 3.21. The van der Waals surface area contributed by atoms with Gasteiger partial charge in [0, 0.05) is 18.2 Å². The summed E-state index contributed by atoms with van der Waals surface area (Å²) in [6, 6.07) is 26.8. The summed E-state index contributed by atoms with van der Waals surface area (Å²) in [7, 11) is 0. The maximum Gasteiger partial charge on any atom is 0.0342 e. The SMILES string of the molecule is C=CCC/C=C\CNc1ccc(C2C=CC=C(C(C)C3Cc4ccccc4-c4ccccc43)C=C2)cc1. The Bertz CT molecular complexity index is 1340. The summed E-state index contributed by atoms with van der Waals surface area (Å²) in [5.74, 6) is 1.19. The molecule has 5 rings (SSSR count). The molecule has 0 spiro atoms. The predicted octanol–water partition coefficient (Wildman–Crippen LogP) is 9.40. The summed E-state index contributed by atoms with van der Waals surface area (Å²) in [4.78, 5) is 0. The standard InChI is InChI=1S/C36H37N/c1-3-4-5-6-11-25-37-32-23-21-30(22-24-32)29-15-12-14-28(19-20-29)27(2)36-26-31-13-7-8-16-33(31)34-17-9-10-18-35(34)36/h3,6-24,27,29,36-37H,1,4-5,25-26H2,2H3/b11-6-. The van der Waals surface area contributed by atoms with Crippen LogP contribution >= 0.6 is 0 Å². The quantitative estimate of drug-likeness (QED) is 0.236. The van der Waals surface area contributed by atoms with E-state index in [1.54, 1.807) is 0 Å². The zero-order valence-corrected chi connectivity index (χ0v) is 21.8. The lowest BCUT2D eigenvalue weighted by Crippen LogP contribution is -2.19. The highest BCUT2D eigenvalue weighted by Crippen LogP contribution is 2.45. The first-order valence-electron chi connectivity index (χ1n) is 13.6. The third-order valence-corrected chi connectivity index (χ3v) is 7.76. The Morgan fingerprint density at radius 1 is 0.892 bits per heavy atom. The number of benzene rings is 3. The van der Waals surface area contributed by atoms with Crippen molar-refractivity contribution in [2.75, 3.05) is 11.9 Å². The number of nitrogens with one attached hydrogen (secondary N) is 1. The summed E-state index contributed by atoms with van der Waals surface area (Å²) in [6.45, 7) is 7.01. The first kappa shape index (κ1) is 24.8. The molecule has 0 radical (unpaired) electrons. The van der Waals surface area contributed by atoms with Crippen LogP contribution in [0.15, 0.2) is 134 Å². The molecule has 1 N–H and O–H groups in total. The van der Waals surface area contributed by atoms with Crippen LogP contribution in [-0.2, 0) is 6.42 Å². The van der Waals surface area contributed by atoms with Gasteiger partial charge in [0.05, 0.1) is 0 Å². The van der Waals surface area contributed by atoms with Gasteiger partial charge in [-0.3, -0.25) is 0 Å². The fourth-order valence-electron chi connectivity index (χ4n) is 5.61. The molecular weight excluding hydrogens is 446 g/mol. The summed E-state index contributed by atoms with van der Waals surface area (Å²) >= 11 is 0. The van der Waals surface area contributed by atoms with Crippen LogP contribution in [0.1, 0.15) is 48.3 Å². The molecule has 0 fully saturated rings. The lowest BCUT2D eigenvalue weighted by Gasteiger charge is -2.32. The molecule has 1 heteroatoms. The van der Waals surface area contributed by atoms with Gasteiger partial charge >= 0.3 is 0 Å². The Balaban J connectivity index is 1.26. The van der Waals surface area contributed by atoms with Gasteiger partial charge in [-0.15, -0.1) is 6.58 Å². The molecule has 0 aliphatic heterocycles. The van der Waals surface area contributed by atoms with Crippen molar-refractivity contribution in [3.05, 3.63) is 150 Å². The summed E-state index contributed by atoms with van der Waals surface area (Å²) in [5.41, 5.74) is 9.61. The van der Waals surface area contributed by atoms with Gasteiger partial charge in [0.2, 0.25) is 0 Å². The van der Waals surface area contributed by atoms with Gasteiger partial charge in [0.15, 0.2) is 0 Å². The van der Waals surface area contributed by atoms with Gasteiger partial charge in [-0.05, 0) is 76.6 Å². The number of allylic oxidation sites excluding steroid dienone is 8. The van der Waals surface area contributed by atoms with Crippen LogP contribution in [0, 0.1) is 5.92 Å². The van der Waals surface area contributed by atoms with Crippen molar-refractivity contribution < 1.29 is 0 Å². The smallest absolute Gasteiger partial charge is 0.0342 e. The van der Waals surface area contributed by atoms with E-state index < -0.39 is 0 Å². The van der Waals surface area contributed by atoms with Crippen LogP contribution in [0.25, 0.3) is 11.1 Å². The summed E-state index contributed by atoms with van der Waals surface area (Å²) in [5, 5.41) is 3.48. The molecule has 186 valence electrons. The molecule has 0 amide bonds. The van der Waals surface area contributed by atoms with E-state index in [-0.39, 0.29) is 5.92 Å². The minimum Gasteiger partial charge on any atom is -0.382 e. The lowest BCUT2D eigenvalue weighted by molar-refractivity contribution is 0.523. The maximum atomic E-state index is 3.77. The largest absolute Gasteiger partial charge is 0.382 e. The number of unbranched alkanes of at least 4 members (excludes halogenated alkanes) is 1. The Morgan fingerprint density at radius 3 is 2.51 bits per heavy atom. The third-order valence-electron chi connectivity index (χ3n) is 7.76. The van der Waals surface area contributed by atoms with Crippen molar-refractivity contribution in [2.24, 2.45) is 5.92 Å². The molecule has 37 heavy (non-hydrogen) atoms. The Labute approximate surface area is 222 Å². The highest BCUT2D eigenvalue weighted by Gasteiger charge is 2.29. The molecular formula is C36H37N. The van der Waals surface area contributed by atoms with Gasteiger partial charge in [0.25, 0.3) is 0 Å². The molecule has 2 aliphatic carbocycles. The molecule has 3 aromatic rings. The van der Waals surface area contributed by atoms with Gasteiger partial charge < -0.3 is 5.32 Å². The van der Waals surface area contributed by atoms with Crippen molar-refractivity contribution in [3.63, 3.8) is 0 Å². The Kier molecular flexibility index (Phi) is 8.01. The Morgan fingerprint density at radius 2 is 1.68 bits per heavy atom. The number of hydrogen-bond acceptors (Lipinski definition) is 1. The summed E-state index contributed by atoms with van der Waals surface area (Å²) < 4.78 is 0. The highest BCUT2D eigenvalue weighted by molar-refractivity contribution is 5.74. The molecule has 0 aromatic heterocycles. The normalized spacial score (nSPS) is 19.0. The van der Waals surface area contributed by atoms with Crippen molar-refractivity contribution in [1.29, 1.82) is 0 Å². The molecule has 1 nitrogen and oxygen atoms in total. The highest BCUT2D eigenvalue weighted by atomic mass is 14.8. The van der Waals surface area contributed by atoms with Crippen molar-refractivity contribution >= 4 is 5.69 Å². The van der Waals surface area contributed by atoms with Crippen LogP contribution in [0.3, 0.4) is 0 Å². The predicted molar refractivity (Wildman–Crippen MR) is 160 cm³/mol. The second-order valence-electron chi connectivity index (χ2n) is 10.1. The van der Waals surface area contributed by atoms with Gasteiger partial charge in [-0.1, -0.05) is 116 Å². The molecule has 3 atom stereocenters. The second kappa shape index (κ2) is 11.9. The number of hydrogen-bond donors (Lipinski definition) is 1. The number of rotatable bonds is 9. The fraction of sp³-hybridized carbons (Fsp3) is 0.222. The minimum absolute atomic E-state index is 0.285. The van der Waals surface area contributed by atoms with Crippen molar-refractivity contribution in [2.45, 2.75) is 38.0 Å². The number of anilines is 1. The van der Waals surface area contributed by atoms with E-state index in [1.165, 1.54) is 33.4 Å². The molecule has 0 saturated carbocycles. The second-order valence-corrected chi connectivity index (χ2v) is 10.1. The van der Waals surface area contributed by atoms with Crippen LogP contribution in [0.5, 0.6) is 0 Å².